The van der Waals surface area contributed by atoms with Gasteiger partial charge in [-0.3, -0.25) is 4.79 Å². The molecule has 1 aliphatic heterocycles. The van der Waals surface area contributed by atoms with Gasteiger partial charge in [-0.15, -0.1) is 11.3 Å². The summed E-state index contributed by atoms with van der Waals surface area (Å²) in [5.74, 6) is 0.0181. The molecule has 2 heterocycles. The zero-order valence-electron chi connectivity index (χ0n) is 15.9. The molecule has 1 aromatic heterocycles. The molecule has 0 radical (unpaired) electrons. The molecule has 1 atom stereocenters. The first kappa shape index (κ1) is 20.8. The Kier molecular flexibility index (Phi) is 6.71. The van der Waals surface area contributed by atoms with Crippen LogP contribution in [0.1, 0.15) is 34.1 Å². The number of carbonyl (C=O) groups is 1. The number of thiophene rings is 1. The zero-order chi connectivity index (χ0) is 20.1. The topological polar surface area (TPSA) is 84.9 Å². The lowest BCUT2D eigenvalue weighted by Gasteiger charge is -2.24. The molecule has 1 amide bonds. The van der Waals surface area contributed by atoms with Gasteiger partial charge in [-0.25, -0.2) is 13.1 Å². The molecule has 0 saturated carbocycles. The van der Waals surface area contributed by atoms with Crippen molar-refractivity contribution < 1.29 is 22.7 Å². The minimum Gasteiger partial charge on any atom is -0.495 e. The maximum absolute atomic E-state index is 13.1. The lowest BCUT2D eigenvalue weighted by molar-refractivity contribution is 0.0737. The van der Waals surface area contributed by atoms with Crippen molar-refractivity contribution >= 4 is 27.3 Å². The van der Waals surface area contributed by atoms with Gasteiger partial charge in [-0.2, -0.15) is 0 Å². The molecule has 0 aliphatic carbocycles. The Morgan fingerprint density at radius 2 is 2.14 bits per heavy atom. The van der Waals surface area contributed by atoms with E-state index in [1.807, 2.05) is 22.4 Å². The monoisotopic (exact) mass is 424 g/mol. The highest BCUT2D eigenvalue weighted by Crippen LogP contribution is 2.36. The number of benzene rings is 1. The summed E-state index contributed by atoms with van der Waals surface area (Å²) in [7, 11) is -0.940. The molecule has 1 saturated heterocycles. The first-order valence-corrected chi connectivity index (χ1v) is 11.3. The summed E-state index contributed by atoms with van der Waals surface area (Å²) in [5.41, 5.74) is 0.330. The van der Waals surface area contributed by atoms with E-state index in [9.17, 15) is 13.2 Å². The summed E-state index contributed by atoms with van der Waals surface area (Å²) in [6.45, 7) is 1.03. The quantitative estimate of drug-likeness (QED) is 0.659. The Morgan fingerprint density at radius 3 is 2.82 bits per heavy atom. The Hall–Kier alpha value is -1.94. The van der Waals surface area contributed by atoms with Gasteiger partial charge in [0.25, 0.3) is 5.91 Å². The first-order chi connectivity index (χ1) is 13.5. The molecule has 1 aromatic carbocycles. The number of sulfonamides is 1. The van der Waals surface area contributed by atoms with Crippen molar-refractivity contribution in [1.29, 1.82) is 0 Å². The van der Waals surface area contributed by atoms with Crippen molar-refractivity contribution in [3.63, 3.8) is 0 Å². The van der Waals surface area contributed by atoms with E-state index >= 15 is 0 Å². The number of rotatable bonds is 8. The number of likely N-dealkylation sites (tertiary alicyclic amines) is 1. The Balaban J connectivity index is 1.89. The number of carbonyl (C=O) groups excluding carboxylic acids is 1. The molecule has 2 aromatic rings. The largest absolute Gasteiger partial charge is 0.495 e. The van der Waals surface area contributed by atoms with Gasteiger partial charge in [0.05, 0.1) is 19.8 Å². The first-order valence-electron chi connectivity index (χ1n) is 8.99. The van der Waals surface area contributed by atoms with Crippen LogP contribution >= 0.6 is 11.3 Å². The van der Waals surface area contributed by atoms with Gasteiger partial charge in [0.1, 0.15) is 10.6 Å². The number of hydrogen-bond donors (Lipinski definition) is 1. The fraction of sp³-hybridized carbons (Fsp3) is 0.421. The summed E-state index contributed by atoms with van der Waals surface area (Å²) < 4.78 is 37.9. The van der Waals surface area contributed by atoms with Gasteiger partial charge in [0, 0.05) is 30.6 Å². The number of nitrogens with one attached hydrogen (secondary N) is 1. The Morgan fingerprint density at radius 1 is 1.32 bits per heavy atom. The second kappa shape index (κ2) is 9.04. The fourth-order valence-electron chi connectivity index (χ4n) is 3.33. The average molecular weight is 425 g/mol. The maximum atomic E-state index is 13.1. The van der Waals surface area contributed by atoms with E-state index in [2.05, 4.69) is 4.72 Å². The Labute approximate surface area is 169 Å². The van der Waals surface area contributed by atoms with E-state index in [4.69, 9.17) is 9.47 Å². The second-order valence-corrected chi connectivity index (χ2v) is 9.14. The van der Waals surface area contributed by atoms with Gasteiger partial charge in [-0.1, -0.05) is 6.07 Å². The third-order valence-electron chi connectivity index (χ3n) is 4.68. The van der Waals surface area contributed by atoms with Crippen molar-refractivity contribution in [2.24, 2.45) is 0 Å². The SMILES string of the molecule is COCCNS(=O)(=O)c1cc(C(=O)N2CCC[C@@H]2c2cccs2)ccc1OC. The van der Waals surface area contributed by atoms with E-state index in [0.717, 1.165) is 17.7 Å². The smallest absolute Gasteiger partial charge is 0.254 e. The lowest BCUT2D eigenvalue weighted by atomic mass is 10.1. The minimum absolute atomic E-state index is 0.0366. The van der Waals surface area contributed by atoms with E-state index in [-0.39, 0.29) is 35.7 Å². The Bertz CT molecular complexity index is 912. The summed E-state index contributed by atoms with van der Waals surface area (Å²) in [6, 6.07) is 8.57. The van der Waals surface area contributed by atoms with Crippen LogP contribution in [-0.4, -0.2) is 53.1 Å². The maximum Gasteiger partial charge on any atom is 0.254 e. The van der Waals surface area contributed by atoms with Crippen LogP contribution in [0.25, 0.3) is 0 Å². The second-order valence-electron chi connectivity index (χ2n) is 6.43. The predicted octanol–water partition coefficient (Wildman–Crippen LogP) is 2.66. The van der Waals surface area contributed by atoms with Crippen LogP contribution in [0.3, 0.4) is 0 Å². The van der Waals surface area contributed by atoms with E-state index < -0.39 is 10.0 Å². The highest BCUT2D eigenvalue weighted by atomic mass is 32.2. The van der Waals surface area contributed by atoms with Crippen LogP contribution in [0.2, 0.25) is 0 Å². The normalized spacial score (nSPS) is 17.1. The van der Waals surface area contributed by atoms with E-state index in [1.165, 1.54) is 26.4 Å². The van der Waals surface area contributed by atoms with Crippen molar-refractivity contribution in [3.05, 3.63) is 46.2 Å². The molecule has 9 heteroatoms. The minimum atomic E-state index is -3.84. The molecule has 3 rings (SSSR count). The molecule has 1 aliphatic rings. The summed E-state index contributed by atoms with van der Waals surface area (Å²) in [5, 5.41) is 2.00. The van der Waals surface area contributed by atoms with Crippen LogP contribution in [0.5, 0.6) is 5.75 Å². The number of nitrogens with zero attached hydrogens (tertiary/aromatic N) is 1. The molecule has 0 bridgehead atoms. The number of amides is 1. The fourth-order valence-corrected chi connectivity index (χ4v) is 5.41. The molecule has 7 nitrogen and oxygen atoms in total. The summed E-state index contributed by atoms with van der Waals surface area (Å²) in [4.78, 5) is 16.1. The van der Waals surface area contributed by atoms with Crippen LogP contribution in [0.15, 0.2) is 40.6 Å². The van der Waals surface area contributed by atoms with Gasteiger partial charge < -0.3 is 14.4 Å². The number of hydrogen-bond acceptors (Lipinski definition) is 6. The van der Waals surface area contributed by atoms with Crippen LogP contribution in [-0.2, 0) is 14.8 Å². The third-order valence-corrected chi connectivity index (χ3v) is 7.14. The zero-order valence-corrected chi connectivity index (χ0v) is 17.5. The van der Waals surface area contributed by atoms with Crippen LogP contribution in [0.4, 0.5) is 0 Å². The van der Waals surface area contributed by atoms with Crippen LogP contribution < -0.4 is 9.46 Å². The standard InChI is InChI=1S/C19H24N2O5S2/c1-25-11-9-20-28(23,24)18-13-14(7-8-16(18)26-2)19(22)21-10-3-5-15(21)17-6-4-12-27-17/h4,6-8,12-13,15,20H,3,5,9-11H2,1-2H3/t15-/m1/s1. The third kappa shape index (κ3) is 4.38. The highest BCUT2D eigenvalue weighted by molar-refractivity contribution is 7.89. The van der Waals surface area contributed by atoms with Gasteiger partial charge in [0.2, 0.25) is 10.0 Å². The average Bonchev–Trinajstić information content (AvgIpc) is 3.38. The summed E-state index contributed by atoms with van der Waals surface area (Å²) >= 11 is 1.63. The van der Waals surface area contributed by atoms with Crippen molar-refractivity contribution in [2.45, 2.75) is 23.8 Å². The predicted molar refractivity (Wildman–Crippen MR) is 107 cm³/mol. The molecule has 1 fully saturated rings. The van der Waals surface area contributed by atoms with Gasteiger partial charge in [0.15, 0.2) is 0 Å². The van der Waals surface area contributed by atoms with Gasteiger partial charge >= 0.3 is 0 Å². The summed E-state index contributed by atoms with van der Waals surface area (Å²) in [6.07, 6.45) is 1.83. The highest BCUT2D eigenvalue weighted by Gasteiger charge is 2.32. The van der Waals surface area contributed by atoms with Crippen molar-refractivity contribution in [1.82, 2.24) is 9.62 Å². The van der Waals surface area contributed by atoms with Crippen molar-refractivity contribution in [2.75, 3.05) is 33.9 Å². The molecule has 28 heavy (non-hydrogen) atoms. The molecule has 0 unspecified atom stereocenters. The van der Waals surface area contributed by atoms with Crippen molar-refractivity contribution in [3.8, 4) is 5.75 Å². The molecule has 0 spiro atoms. The number of ether oxygens (including phenoxy) is 2. The van der Waals surface area contributed by atoms with E-state index in [0.29, 0.717) is 12.1 Å². The van der Waals surface area contributed by atoms with Crippen LogP contribution in [0, 0.1) is 0 Å². The van der Waals surface area contributed by atoms with E-state index in [1.54, 1.807) is 17.4 Å². The molecular weight excluding hydrogens is 400 g/mol. The lowest BCUT2D eigenvalue weighted by Crippen LogP contribution is -2.31. The number of methoxy groups -OCH3 is 2. The molecule has 1 N–H and O–H groups in total. The molecular formula is C19H24N2O5S2. The van der Waals surface area contributed by atoms with Gasteiger partial charge in [-0.05, 0) is 42.5 Å². The molecule has 152 valence electrons.